The predicted molar refractivity (Wildman–Crippen MR) is 66.1 cm³/mol. The van der Waals surface area contributed by atoms with Crippen LogP contribution in [0.5, 0.6) is 5.75 Å². The average molecular weight is 273 g/mol. The number of anilines is 1. The van der Waals surface area contributed by atoms with Gasteiger partial charge >= 0.3 is 5.97 Å². The summed E-state index contributed by atoms with van der Waals surface area (Å²) in [4.78, 5) is 11.0. The van der Waals surface area contributed by atoms with Crippen molar-refractivity contribution in [2.24, 2.45) is 0 Å². The Labute approximate surface area is 106 Å². The Kier molecular flexibility index (Phi) is 4.55. The summed E-state index contributed by atoms with van der Waals surface area (Å²) in [6.07, 6.45) is -0.198. The van der Waals surface area contributed by atoms with E-state index in [0.717, 1.165) is 0 Å². The van der Waals surface area contributed by atoms with Crippen molar-refractivity contribution in [3.8, 4) is 5.75 Å². The standard InChI is InChI=1S/C11H15NO5S/c1-16-9-5-8(12)6-10(7-9)18(14,15)4-3-11(13)17-2/h5-7H,3-4,12H2,1-2H3. The highest BCUT2D eigenvalue weighted by Gasteiger charge is 2.18. The molecule has 0 heterocycles. The zero-order valence-corrected chi connectivity index (χ0v) is 11.0. The van der Waals surface area contributed by atoms with Gasteiger partial charge in [0.25, 0.3) is 0 Å². The molecule has 0 amide bonds. The minimum absolute atomic E-state index is 0.0308. The smallest absolute Gasteiger partial charge is 0.306 e. The van der Waals surface area contributed by atoms with Gasteiger partial charge in [-0.2, -0.15) is 0 Å². The molecule has 1 aromatic rings. The summed E-state index contributed by atoms with van der Waals surface area (Å²) >= 11 is 0. The molecule has 0 aliphatic carbocycles. The fourth-order valence-electron chi connectivity index (χ4n) is 1.33. The van der Waals surface area contributed by atoms with E-state index >= 15 is 0 Å². The maximum atomic E-state index is 12.0. The highest BCUT2D eigenvalue weighted by atomic mass is 32.2. The Balaban J connectivity index is 2.97. The molecule has 1 rings (SSSR count). The van der Waals surface area contributed by atoms with Crippen LogP contribution in [0.1, 0.15) is 6.42 Å². The summed E-state index contributed by atoms with van der Waals surface area (Å²) in [7, 11) is -0.958. The van der Waals surface area contributed by atoms with Gasteiger partial charge in [-0.25, -0.2) is 8.42 Å². The molecule has 0 unspecified atom stereocenters. The second-order valence-electron chi connectivity index (χ2n) is 3.59. The third kappa shape index (κ3) is 3.63. The number of carbonyl (C=O) groups excluding carboxylic acids is 1. The molecule has 0 spiro atoms. The minimum Gasteiger partial charge on any atom is -0.497 e. The topological polar surface area (TPSA) is 95.7 Å². The molecular weight excluding hydrogens is 258 g/mol. The van der Waals surface area contributed by atoms with Crippen molar-refractivity contribution < 1.29 is 22.7 Å². The molecule has 2 N–H and O–H groups in total. The van der Waals surface area contributed by atoms with Crippen molar-refractivity contribution in [3.05, 3.63) is 18.2 Å². The molecule has 0 bridgehead atoms. The number of sulfone groups is 1. The van der Waals surface area contributed by atoms with Crippen LogP contribution in [-0.2, 0) is 19.4 Å². The molecule has 100 valence electrons. The molecule has 0 aliphatic rings. The number of nitrogens with two attached hydrogens (primary N) is 1. The lowest BCUT2D eigenvalue weighted by atomic mass is 10.3. The Hall–Kier alpha value is -1.76. The van der Waals surface area contributed by atoms with Gasteiger partial charge in [-0.15, -0.1) is 0 Å². The number of hydrogen-bond acceptors (Lipinski definition) is 6. The van der Waals surface area contributed by atoms with Crippen LogP contribution in [0.4, 0.5) is 5.69 Å². The third-order valence-corrected chi connectivity index (χ3v) is 4.00. The van der Waals surface area contributed by atoms with E-state index in [1.807, 2.05) is 0 Å². The summed E-state index contributed by atoms with van der Waals surface area (Å²) in [5, 5.41) is 0. The fraction of sp³-hybridized carbons (Fsp3) is 0.364. The quantitative estimate of drug-likeness (QED) is 0.624. The van der Waals surface area contributed by atoms with Gasteiger partial charge in [0.2, 0.25) is 0 Å². The lowest BCUT2D eigenvalue weighted by Crippen LogP contribution is -2.12. The third-order valence-electron chi connectivity index (χ3n) is 2.30. The first-order valence-corrected chi connectivity index (χ1v) is 6.78. The van der Waals surface area contributed by atoms with Crippen LogP contribution in [0.25, 0.3) is 0 Å². The normalized spacial score (nSPS) is 11.0. The number of nitrogen functional groups attached to an aromatic ring is 1. The summed E-state index contributed by atoms with van der Waals surface area (Å²) in [6, 6.07) is 4.21. The Bertz CT molecular complexity index is 538. The van der Waals surface area contributed by atoms with Crippen molar-refractivity contribution in [1.82, 2.24) is 0 Å². The number of hydrogen-bond donors (Lipinski definition) is 1. The van der Waals surface area contributed by atoms with Crippen LogP contribution < -0.4 is 10.5 Å². The van der Waals surface area contributed by atoms with Crippen LogP contribution in [0.2, 0.25) is 0 Å². The van der Waals surface area contributed by atoms with E-state index in [1.165, 1.54) is 32.4 Å². The van der Waals surface area contributed by atoms with Crippen molar-refractivity contribution in [2.75, 3.05) is 25.7 Å². The predicted octanol–water partition coefficient (Wildman–Crippen LogP) is 0.614. The van der Waals surface area contributed by atoms with E-state index in [4.69, 9.17) is 10.5 Å². The second kappa shape index (κ2) is 5.72. The molecular formula is C11H15NO5S. The first kappa shape index (κ1) is 14.3. The zero-order chi connectivity index (χ0) is 13.8. The minimum atomic E-state index is -3.58. The summed E-state index contributed by atoms with van der Waals surface area (Å²) in [5.74, 6) is -0.548. The second-order valence-corrected chi connectivity index (χ2v) is 5.70. The summed E-state index contributed by atoms with van der Waals surface area (Å²) in [5.41, 5.74) is 5.86. The number of carbonyl (C=O) groups is 1. The highest BCUT2D eigenvalue weighted by molar-refractivity contribution is 7.91. The van der Waals surface area contributed by atoms with Crippen molar-refractivity contribution >= 4 is 21.5 Å². The number of esters is 1. The Morgan fingerprint density at radius 2 is 1.94 bits per heavy atom. The van der Waals surface area contributed by atoms with Gasteiger partial charge < -0.3 is 15.2 Å². The van der Waals surface area contributed by atoms with Crippen LogP contribution in [0.3, 0.4) is 0 Å². The van der Waals surface area contributed by atoms with E-state index in [-0.39, 0.29) is 22.8 Å². The zero-order valence-electron chi connectivity index (χ0n) is 10.2. The molecule has 6 nitrogen and oxygen atoms in total. The maximum absolute atomic E-state index is 12.0. The van der Waals surface area contributed by atoms with E-state index in [9.17, 15) is 13.2 Å². The van der Waals surface area contributed by atoms with Crippen LogP contribution in [0, 0.1) is 0 Å². The van der Waals surface area contributed by atoms with Crippen molar-refractivity contribution in [2.45, 2.75) is 11.3 Å². The Morgan fingerprint density at radius 3 is 2.50 bits per heavy atom. The van der Waals surface area contributed by atoms with Crippen molar-refractivity contribution in [3.63, 3.8) is 0 Å². The number of methoxy groups -OCH3 is 2. The largest absolute Gasteiger partial charge is 0.497 e. The molecule has 0 aromatic heterocycles. The van der Waals surface area contributed by atoms with Gasteiger partial charge in [0.1, 0.15) is 5.75 Å². The first-order valence-electron chi connectivity index (χ1n) is 5.13. The van der Waals surface area contributed by atoms with E-state index in [1.54, 1.807) is 0 Å². The molecule has 1 aromatic carbocycles. The van der Waals surface area contributed by atoms with Crippen LogP contribution >= 0.6 is 0 Å². The molecule has 7 heteroatoms. The van der Waals surface area contributed by atoms with Crippen LogP contribution in [0.15, 0.2) is 23.1 Å². The summed E-state index contributed by atoms with van der Waals surface area (Å²) in [6.45, 7) is 0. The van der Waals surface area contributed by atoms with E-state index in [2.05, 4.69) is 4.74 Å². The molecule has 0 saturated heterocycles. The summed E-state index contributed by atoms with van der Waals surface area (Å²) < 4.78 is 33.2. The van der Waals surface area contributed by atoms with Gasteiger partial charge in [0, 0.05) is 11.8 Å². The number of benzene rings is 1. The fourth-order valence-corrected chi connectivity index (χ4v) is 2.61. The van der Waals surface area contributed by atoms with Gasteiger partial charge in [-0.3, -0.25) is 4.79 Å². The lowest BCUT2D eigenvalue weighted by Gasteiger charge is -2.07. The monoisotopic (exact) mass is 273 g/mol. The first-order chi connectivity index (χ1) is 8.39. The Morgan fingerprint density at radius 1 is 1.28 bits per heavy atom. The molecule has 0 radical (unpaired) electrons. The van der Waals surface area contributed by atoms with E-state index in [0.29, 0.717) is 5.75 Å². The van der Waals surface area contributed by atoms with Gasteiger partial charge in [-0.1, -0.05) is 0 Å². The molecule has 0 fully saturated rings. The molecule has 0 aliphatic heterocycles. The maximum Gasteiger partial charge on any atom is 0.306 e. The number of rotatable bonds is 5. The average Bonchev–Trinajstić information content (AvgIpc) is 2.35. The SMILES string of the molecule is COC(=O)CCS(=O)(=O)c1cc(N)cc(OC)c1. The van der Waals surface area contributed by atoms with Gasteiger partial charge in [-0.05, 0) is 12.1 Å². The highest BCUT2D eigenvalue weighted by Crippen LogP contribution is 2.23. The van der Waals surface area contributed by atoms with E-state index < -0.39 is 15.8 Å². The molecule has 18 heavy (non-hydrogen) atoms. The number of ether oxygens (including phenoxy) is 2. The van der Waals surface area contributed by atoms with Crippen LogP contribution in [-0.4, -0.2) is 34.4 Å². The van der Waals surface area contributed by atoms with Crippen molar-refractivity contribution in [1.29, 1.82) is 0 Å². The van der Waals surface area contributed by atoms with Gasteiger partial charge in [0.15, 0.2) is 9.84 Å². The lowest BCUT2D eigenvalue weighted by molar-refractivity contribution is -0.140. The van der Waals surface area contributed by atoms with Gasteiger partial charge in [0.05, 0.1) is 31.3 Å². The molecule has 0 atom stereocenters. The molecule has 0 saturated carbocycles.